The van der Waals surface area contributed by atoms with Gasteiger partial charge < -0.3 is 4.90 Å². The lowest BCUT2D eigenvalue weighted by atomic mass is 10.0. The van der Waals surface area contributed by atoms with Crippen LogP contribution in [0.2, 0.25) is 0 Å². The zero-order chi connectivity index (χ0) is 18.3. The summed E-state index contributed by atoms with van der Waals surface area (Å²) in [5.74, 6) is -0.397. The summed E-state index contributed by atoms with van der Waals surface area (Å²) in [6.07, 6.45) is 0. The van der Waals surface area contributed by atoms with Gasteiger partial charge in [-0.05, 0) is 44.5 Å². The molecule has 6 heteroatoms. The molecule has 0 bridgehead atoms. The van der Waals surface area contributed by atoms with Crippen LogP contribution >= 0.6 is 0 Å². The average Bonchev–Trinajstić information content (AvgIpc) is 2.87. The molecule has 1 aromatic carbocycles. The lowest BCUT2D eigenvalue weighted by Crippen LogP contribution is -2.30. The summed E-state index contributed by atoms with van der Waals surface area (Å²) in [4.78, 5) is 19.3. The maximum Gasteiger partial charge on any atom is 0.254 e. The van der Waals surface area contributed by atoms with E-state index < -0.39 is 0 Å². The van der Waals surface area contributed by atoms with Gasteiger partial charge in [-0.15, -0.1) is 0 Å². The number of nitrogens with zero attached hydrogens (tertiary/aromatic N) is 4. The molecular formula is C19H21FN4O. The normalized spacial score (nSPS) is 12.4. The first-order valence-corrected chi connectivity index (χ1v) is 8.13. The van der Waals surface area contributed by atoms with Crippen molar-refractivity contribution < 1.29 is 9.18 Å². The molecule has 1 atom stereocenters. The topological polar surface area (TPSA) is 51.0 Å². The van der Waals surface area contributed by atoms with Crippen LogP contribution in [0.3, 0.4) is 0 Å². The molecule has 0 spiro atoms. The van der Waals surface area contributed by atoms with Crippen LogP contribution in [-0.4, -0.2) is 32.6 Å². The van der Waals surface area contributed by atoms with Gasteiger partial charge in [-0.2, -0.15) is 5.10 Å². The van der Waals surface area contributed by atoms with Crippen LogP contribution < -0.4 is 0 Å². The number of aryl methyl sites for hydroxylation is 3. The van der Waals surface area contributed by atoms with Gasteiger partial charge in [0.1, 0.15) is 5.82 Å². The molecule has 1 unspecified atom stereocenters. The monoisotopic (exact) mass is 340 g/mol. The molecule has 0 radical (unpaired) electrons. The van der Waals surface area contributed by atoms with Crippen molar-refractivity contribution in [3.8, 4) is 0 Å². The molecule has 1 amide bonds. The van der Waals surface area contributed by atoms with Crippen LogP contribution in [0.25, 0.3) is 11.0 Å². The summed E-state index contributed by atoms with van der Waals surface area (Å²) in [5, 5.41) is 5.16. The minimum atomic E-state index is -0.289. The van der Waals surface area contributed by atoms with Crippen LogP contribution in [0.5, 0.6) is 0 Å². The Bertz CT molecular complexity index is 946. The summed E-state index contributed by atoms with van der Waals surface area (Å²) < 4.78 is 14.8. The highest BCUT2D eigenvalue weighted by Crippen LogP contribution is 2.26. The van der Waals surface area contributed by atoms with Crippen LogP contribution in [0.1, 0.15) is 40.3 Å². The Kier molecular flexibility index (Phi) is 4.29. The van der Waals surface area contributed by atoms with Crippen molar-refractivity contribution in [2.24, 2.45) is 7.05 Å². The van der Waals surface area contributed by atoms with E-state index in [4.69, 9.17) is 0 Å². The number of rotatable bonds is 3. The smallest absolute Gasteiger partial charge is 0.254 e. The maximum atomic E-state index is 13.1. The number of carbonyl (C=O) groups excluding carboxylic acids is 1. The molecule has 0 saturated heterocycles. The number of benzene rings is 1. The van der Waals surface area contributed by atoms with Crippen molar-refractivity contribution in [1.29, 1.82) is 0 Å². The first-order chi connectivity index (χ1) is 11.8. The van der Waals surface area contributed by atoms with Gasteiger partial charge in [0.2, 0.25) is 0 Å². The predicted molar refractivity (Wildman–Crippen MR) is 94.9 cm³/mol. The molecule has 0 aliphatic carbocycles. The summed E-state index contributed by atoms with van der Waals surface area (Å²) in [5.41, 5.74) is 3.70. The molecule has 5 nitrogen and oxygen atoms in total. The van der Waals surface area contributed by atoms with E-state index in [1.54, 1.807) is 34.8 Å². The number of halogens is 1. The van der Waals surface area contributed by atoms with E-state index in [0.29, 0.717) is 11.2 Å². The van der Waals surface area contributed by atoms with Crippen LogP contribution in [0.15, 0.2) is 30.3 Å². The maximum absolute atomic E-state index is 13.1. The van der Waals surface area contributed by atoms with E-state index in [1.165, 1.54) is 12.1 Å². The standard InChI is InChI=1S/C19H21FN4O/c1-11-10-16(17-12(2)22-24(5)18(17)21-11)19(25)23(4)13(3)14-6-8-15(20)9-7-14/h6-10,13H,1-5H3. The fourth-order valence-corrected chi connectivity index (χ4v) is 3.07. The Morgan fingerprint density at radius 2 is 1.88 bits per heavy atom. The van der Waals surface area contributed by atoms with Gasteiger partial charge in [0.05, 0.1) is 22.7 Å². The Hall–Kier alpha value is -2.76. The molecule has 0 N–H and O–H groups in total. The second-order valence-electron chi connectivity index (χ2n) is 6.36. The molecule has 25 heavy (non-hydrogen) atoms. The Morgan fingerprint density at radius 1 is 1.24 bits per heavy atom. The molecule has 3 rings (SSSR count). The molecule has 2 heterocycles. The van der Waals surface area contributed by atoms with Gasteiger partial charge in [0.25, 0.3) is 5.91 Å². The first kappa shape index (κ1) is 17.1. The SMILES string of the molecule is Cc1cc(C(=O)N(C)C(C)c2ccc(F)cc2)c2c(C)nn(C)c2n1. The third-order valence-electron chi connectivity index (χ3n) is 4.58. The highest BCUT2D eigenvalue weighted by atomic mass is 19.1. The minimum absolute atomic E-state index is 0.108. The van der Waals surface area contributed by atoms with E-state index in [-0.39, 0.29) is 17.8 Å². The highest BCUT2D eigenvalue weighted by Gasteiger charge is 2.24. The number of amides is 1. The molecular weight excluding hydrogens is 319 g/mol. The van der Waals surface area contributed by atoms with Crippen molar-refractivity contribution in [3.05, 3.63) is 58.7 Å². The van der Waals surface area contributed by atoms with Gasteiger partial charge in [0.15, 0.2) is 5.65 Å². The average molecular weight is 340 g/mol. The van der Waals surface area contributed by atoms with Crippen molar-refractivity contribution >= 4 is 16.9 Å². The third-order valence-corrected chi connectivity index (χ3v) is 4.58. The number of fused-ring (bicyclic) bond motifs is 1. The fourth-order valence-electron chi connectivity index (χ4n) is 3.07. The summed E-state index contributed by atoms with van der Waals surface area (Å²) in [7, 11) is 3.57. The van der Waals surface area contributed by atoms with Crippen molar-refractivity contribution in [2.45, 2.75) is 26.8 Å². The number of hydrogen-bond donors (Lipinski definition) is 0. The first-order valence-electron chi connectivity index (χ1n) is 8.13. The van der Waals surface area contributed by atoms with E-state index in [1.807, 2.05) is 27.8 Å². The Balaban J connectivity index is 2.03. The summed E-state index contributed by atoms with van der Waals surface area (Å²) in [6, 6.07) is 7.83. The van der Waals surface area contributed by atoms with Crippen molar-refractivity contribution in [1.82, 2.24) is 19.7 Å². The van der Waals surface area contributed by atoms with Crippen LogP contribution in [-0.2, 0) is 7.05 Å². The molecule has 0 aliphatic heterocycles. The van der Waals surface area contributed by atoms with Crippen molar-refractivity contribution in [3.63, 3.8) is 0 Å². The number of carbonyl (C=O) groups is 1. The van der Waals surface area contributed by atoms with Gasteiger partial charge in [0, 0.05) is 19.8 Å². The lowest BCUT2D eigenvalue weighted by molar-refractivity contribution is 0.0744. The second-order valence-corrected chi connectivity index (χ2v) is 6.36. The van der Waals surface area contributed by atoms with E-state index in [9.17, 15) is 9.18 Å². The lowest BCUT2D eigenvalue weighted by Gasteiger charge is -2.26. The fraction of sp³-hybridized carbons (Fsp3) is 0.316. The Morgan fingerprint density at radius 3 is 2.52 bits per heavy atom. The molecule has 0 aliphatic rings. The second kappa shape index (κ2) is 6.27. The van der Waals surface area contributed by atoms with E-state index >= 15 is 0 Å². The van der Waals surface area contributed by atoms with Gasteiger partial charge in [-0.1, -0.05) is 12.1 Å². The summed E-state index contributed by atoms with van der Waals surface area (Å²) >= 11 is 0. The highest BCUT2D eigenvalue weighted by molar-refractivity contribution is 6.06. The zero-order valence-corrected chi connectivity index (χ0v) is 15.0. The minimum Gasteiger partial charge on any atom is -0.335 e. The predicted octanol–water partition coefficient (Wildman–Crippen LogP) is 3.56. The van der Waals surface area contributed by atoms with E-state index in [2.05, 4.69) is 10.1 Å². The molecule has 0 saturated carbocycles. The molecule has 3 aromatic rings. The number of pyridine rings is 1. The summed E-state index contributed by atoms with van der Waals surface area (Å²) in [6.45, 7) is 5.66. The van der Waals surface area contributed by atoms with E-state index in [0.717, 1.165) is 22.3 Å². The number of aromatic nitrogens is 3. The molecule has 2 aromatic heterocycles. The van der Waals surface area contributed by atoms with Gasteiger partial charge in [-0.25, -0.2) is 9.37 Å². The quantitative estimate of drug-likeness (QED) is 0.732. The third kappa shape index (κ3) is 2.99. The van der Waals surface area contributed by atoms with Gasteiger partial charge >= 0.3 is 0 Å². The molecule has 0 fully saturated rings. The Labute approximate surface area is 146 Å². The van der Waals surface area contributed by atoms with Crippen molar-refractivity contribution in [2.75, 3.05) is 7.05 Å². The molecule has 130 valence electrons. The zero-order valence-electron chi connectivity index (χ0n) is 15.0. The van der Waals surface area contributed by atoms with Gasteiger partial charge in [-0.3, -0.25) is 9.48 Å². The van der Waals surface area contributed by atoms with Crippen LogP contribution in [0.4, 0.5) is 4.39 Å². The van der Waals surface area contributed by atoms with Crippen LogP contribution in [0, 0.1) is 19.7 Å². The number of hydrogen-bond acceptors (Lipinski definition) is 3. The largest absolute Gasteiger partial charge is 0.335 e.